The van der Waals surface area contributed by atoms with Crippen LogP contribution in [0.5, 0.6) is 5.75 Å². The number of nitrogens with zero attached hydrogens (tertiary/aromatic N) is 2. The highest BCUT2D eigenvalue weighted by Crippen LogP contribution is 2.22. The summed E-state index contributed by atoms with van der Waals surface area (Å²) in [6.07, 6.45) is 1.47. The first-order chi connectivity index (χ1) is 12.8. The molecule has 27 heavy (non-hydrogen) atoms. The van der Waals surface area contributed by atoms with Crippen LogP contribution in [0.25, 0.3) is 10.9 Å². The topological polar surface area (TPSA) is 73.2 Å². The van der Waals surface area contributed by atoms with E-state index in [1.165, 1.54) is 10.9 Å². The summed E-state index contributed by atoms with van der Waals surface area (Å²) in [5, 5.41) is 3.30. The van der Waals surface area contributed by atoms with Crippen molar-refractivity contribution in [3.05, 3.63) is 63.1 Å². The van der Waals surface area contributed by atoms with E-state index in [1.807, 2.05) is 39.0 Å². The number of nitrogens with one attached hydrogen (secondary N) is 1. The Bertz CT molecular complexity index is 1060. The van der Waals surface area contributed by atoms with Crippen LogP contribution < -0.4 is 15.6 Å². The van der Waals surface area contributed by atoms with Crippen LogP contribution in [-0.2, 0) is 11.3 Å². The molecule has 0 radical (unpaired) electrons. The van der Waals surface area contributed by atoms with Crippen LogP contribution in [-0.4, -0.2) is 21.6 Å². The van der Waals surface area contributed by atoms with Crippen molar-refractivity contribution in [2.45, 2.75) is 33.4 Å². The Balaban J connectivity index is 1.77. The highest BCUT2D eigenvalue weighted by molar-refractivity contribution is 9.10. The van der Waals surface area contributed by atoms with Crippen molar-refractivity contribution >= 4 is 38.4 Å². The van der Waals surface area contributed by atoms with Gasteiger partial charge in [0.05, 0.1) is 23.3 Å². The summed E-state index contributed by atoms with van der Waals surface area (Å²) < 4.78 is 7.74. The Morgan fingerprint density at radius 1 is 1.26 bits per heavy atom. The number of hydrogen-bond acceptors (Lipinski definition) is 4. The summed E-state index contributed by atoms with van der Waals surface area (Å²) >= 11 is 3.35. The van der Waals surface area contributed by atoms with E-state index in [2.05, 4.69) is 26.2 Å². The van der Waals surface area contributed by atoms with Crippen molar-refractivity contribution in [3.8, 4) is 5.75 Å². The van der Waals surface area contributed by atoms with Crippen LogP contribution in [0.3, 0.4) is 0 Å². The Morgan fingerprint density at radius 3 is 2.74 bits per heavy atom. The number of carbonyl (C=O) groups excluding carboxylic acids is 1. The summed E-state index contributed by atoms with van der Waals surface area (Å²) in [6.45, 7) is 5.69. The molecule has 3 rings (SSSR count). The Labute approximate surface area is 165 Å². The Kier molecular flexibility index (Phi) is 5.60. The molecule has 7 heteroatoms. The Morgan fingerprint density at radius 2 is 2.04 bits per heavy atom. The molecule has 0 aliphatic heterocycles. The quantitative estimate of drug-likeness (QED) is 0.667. The van der Waals surface area contributed by atoms with Gasteiger partial charge in [0.15, 0.2) is 0 Å². The first-order valence-corrected chi connectivity index (χ1v) is 9.34. The lowest BCUT2D eigenvalue weighted by atomic mass is 10.2. The lowest BCUT2D eigenvalue weighted by molar-refractivity contribution is -0.116. The van der Waals surface area contributed by atoms with Crippen LogP contribution in [0.4, 0.5) is 5.69 Å². The van der Waals surface area contributed by atoms with E-state index in [4.69, 9.17) is 4.74 Å². The number of hydrogen-bond donors (Lipinski definition) is 1. The van der Waals surface area contributed by atoms with E-state index in [1.54, 1.807) is 18.2 Å². The molecule has 1 amide bonds. The molecule has 140 valence electrons. The fraction of sp³-hybridized carbons (Fsp3) is 0.250. The molecule has 6 nitrogen and oxygen atoms in total. The molecule has 0 bridgehead atoms. The molecule has 0 spiro atoms. The fourth-order valence-electron chi connectivity index (χ4n) is 2.71. The SMILES string of the molecule is Cc1cc(OC(C)C)ccc1NC(=O)Cn1cnc2ccc(Br)cc2c1=O. The van der Waals surface area contributed by atoms with E-state index in [0.29, 0.717) is 16.6 Å². The third-order valence-corrected chi connectivity index (χ3v) is 4.44. The second kappa shape index (κ2) is 7.92. The van der Waals surface area contributed by atoms with Crippen LogP contribution in [0.15, 0.2) is 52.0 Å². The van der Waals surface area contributed by atoms with E-state index in [9.17, 15) is 9.59 Å². The van der Waals surface area contributed by atoms with E-state index >= 15 is 0 Å². The van der Waals surface area contributed by atoms with Gasteiger partial charge < -0.3 is 10.1 Å². The van der Waals surface area contributed by atoms with Gasteiger partial charge in [-0.15, -0.1) is 0 Å². The highest BCUT2D eigenvalue weighted by Gasteiger charge is 2.11. The van der Waals surface area contributed by atoms with Gasteiger partial charge in [-0.2, -0.15) is 0 Å². The third kappa shape index (κ3) is 4.54. The number of aryl methyl sites for hydroxylation is 1. The van der Waals surface area contributed by atoms with Crippen molar-refractivity contribution in [2.75, 3.05) is 5.32 Å². The monoisotopic (exact) mass is 429 g/mol. The van der Waals surface area contributed by atoms with Crippen LogP contribution in [0.1, 0.15) is 19.4 Å². The molecule has 0 saturated carbocycles. The Hall–Kier alpha value is -2.67. The second-order valence-electron chi connectivity index (χ2n) is 6.53. The number of fused-ring (bicyclic) bond motifs is 1. The molecule has 1 aromatic heterocycles. The normalized spacial score (nSPS) is 11.0. The van der Waals surface area contributed by atoms with Crippen molar-refractivity contribution in [1.29, 1.82) is 0 Å². The molecule has 0 aliphatic rings. The summed E-state index contributed by atoms with van der Waals surface area (Å²) in [5.41, 5.74) is 1.90. The van der Waals surface area contributed by atoms with Crippen LogP contribution in [0.2, 0.25) is 0 Å². The van der Waals surface area contributed by atoms with Gasteiger partial charge in [-0.1, -0.05) is 15.9 Å². The molecule has 2 aromatic carbocycles. The van der Waals surface area contributed by atoms with Gasteiger partial charge in [0.2, 0.25) is 5.91 Å². The largest absolute Gasteiger partial charge is 0.491 e. The lowest BCUT2D eigenvalue weighted by Gasteiger charge is -2.13. The van der Waals surface area contributed by atoms with Gasteiger partial charge in [-0.3, -0.25) is 14.2 Å². The number of rotatable bonds is 5. The fourth-order valence-corrected chi connectivity index (χ4v) is 3.07. The van der Waals surface area contributed by atoms with E-state index < -0.39 is 0 Å². The highest BCUT2D eigenvalue weighted by atomic mass is 79.9. The summed E-state index contributed by atoms with van der Waals surface area (Å²) in [6, 6.07) is 10.8. The predicted molar refractivity (Wildman–Crippen MR) is 109 cm³/mol. The molecule has 0 fully saturated rings. The van der Waals surface area contributed by atoms with E-state index in [-0.39, 0.29) is 24.1 Å². The molecule has 0 aliphatic carbocycles. The molecular weight excluding hydrogens is 410 g/mol. The third-order valence-electron chi connectivity index (χ3n) is 3.94. The molecule has 3 aromatic rings. The molecule has 0 unspecified atom stereocenters. The first-order valence-electron chi connectivity index (χ1n) is 8.55. The first kappa shape index (κ1) is 19.1. The number of carbonyl (C=O) groups is 1. The number of halogens is 1. The number of aromatic nitrogens is 2. The lowest BCUT2D eigenvalue weighted by Crippen LogP contribution is -2.28. The number of ether oxygens (including phenoxy) is 1. The number of benzene rings is 2. The van der Waals surface area contributed by atoms with Gasteiger partial charge >= 0.3 is 0 Å². The molecule has 1 heterocycles. The van der Waals surface area contributed by atoms with Gasteiger partial charge in [-0.05, 0) is 62.7 Å². The van der Waals surface area contributed by atoms with Crippen molar-refractivity contribution in [2.24, 2.45) is 0 Å². The van der Waals surface area contributed by atoms with E-state index in [0.717, 1.165) is 15.8 Å². The molecule has 0 atom stereocenters. The minimum Gasteiger partial charge on any atom is -0.491 e. The van der Waals surface area contributed by atoms with Crippen LogP contribution >= 0.6 is 15.9 Å². The maximum atomic E-state index is 12.6. The van der Waals surface area contributed by atoms with Crippen molar-refractivity contribution < 1.29 is 9.53 Å². The van der Waals surface area contributed by atoms with Crippen molar-refractivity contribution in [3.63, 3.8) is 0 Å². The molecule has 1 N–H and O–H groups in total. The zero-order valence-corrected chi connectivity index (χ0v) is 16.9. The molecule has 0 saturated heterocycles. The summed E-state index contributed by atoms with van der Waals surface area (Å²) in [4.78, 5) is 29.2. The average Bonchev–Trinajstić information content (AvgIpc) is 2.60. The zero-order chi connectivity index (χ0) is 19.6. The number of amides is 1. The average molecular weight is 430 g/mol. The number of anilines is 1. The van der Waals surface area contributed by atoms with Gasteiger partial charge in [0.25, 0.3) is 5.56 Å². The zero-order valence-electron chi connectivity index (χ0n) is 15.3. The maximum absolute atomic E-state index is 12.6. The second-order valence-corrected chi connectivity index (χ2v) is 7.45. The minimum atomic E-state index is -0.297. The molecular formula is C20H20BrN3O3. The predicted octanol–water partition coefficient (Wildman–Crippen LogP) is 3.89. The maximum Gasteiger partial charge on any atom is 0.261 e. The van der Waals surface area contributed by atoms with Crippen molar-refractivity contribution in [1.82, 2.24) is 9.55 Å². The summed E-state index contributed by atoms with van der Waals surface area (Å²) in [7, 11) is 0. The smallest absolute Gasteiger partial charge is 0.261 e. The summed E-state index contributed by atoms with van der Waals surface area (Å²) in [5.74, 6) is 0.454. The van der Waals surface area contributed by atoms with Gasteiger partial charge in [-0.25, -0.2) is 4.98 Å². The standard InChI is InChI=1S/C20H20BrN3O3/c1-12(2)27-15-5-7-17(13(3)8-15)23-19(25)10-24-11-22-18-6-4-14(21)9-16(18)20(24)26/h4-9,11-12H,10H2,1-3H3,(H,23,25). The minimum absolute atomic E-state index is 0.0807. The van der Waals surface area contributed by atoms with Gasteiger partial charge in [0, 0.05) is 10.2 Å². The van der Waals surface area contributed by atoms with Crippen LogP contribution in [0, 0.1) is 6.92 Å². The van der Waals surface area contributed by atoms with Gasteiger partial charge in [0.1, 0.15) is 12.3 Å².